The van der Waals surface area contributed by atoms with Crippen LogP contribution in [0.5, 0.6) is 0 Å². The molecule has 1 aliphatic heterocycles. The predicted octanol–water partition coefficient (Wildman–Crippen LogP) is 1.23. The Bertz CT molecular complexity index is 710. The Morgan fingerprint density at radius 1 is 1.30 bits per heavy atom. The predicted molar refractivity (Wildman–Crippen MR) is 85.0 cm³/mol. The number of aromatic nitrogens is 3. The van der Waals surface area contributed by atoms with E-state index < -0.39 is 0 Å². The highest BCUT2D eigenvalue weighted by atomic mass is 32.2. The zero-order valence-corrected chi connectivity index (χ0v) is 13.7. The number of rotatable bonds is 4. The number of nitrogens with zero attached hydrogens (tertiary/aromatic N) is 4. The number of fused-ring (bicyclic) bond motifs is 1. The van der Waals surface area contributed by atoms with Crippen molar-refractivity contribution in [1.82, 2.24) is 19.5 Å². The van der Waals surface area contributed by atoms with Crippen LogP contribution in [-0.4, -0.2) is 57.3 Å². The third-order valence-corrected chi connectivity index (χ3v) is 4.92. The molecule has 2 aromatic rings. The summed E-state index contributed by atoms with van der Waals surface area (Å²) >= 11 is 1.38. The van der Waals surface area contributed by atoms with Crippen molar-refractivity contribution >= 4 is 29.3 Å². The van der Waals surface area contributed by atoms with Crippen LogP contribution in [0, 0.1) is 5.92 Å². The first kappa shape index (κ1) is 15.8. The van der Waals surface area contributed by atoms with Gasteiger partial charge in [0, 0.05) is 19.3 Å². The van der Waals surface area contributed by atoms with E-state index in [2.05, 4.69) is 10.2 Å². The van der Waals surface area contributed by atoms with Crippen molar-refractivity contribution in [2.24, 2.45) is 5.92 Å². The van der Waals surface area contributed by atoms with Crippen LogP contribution in [0.3, 0.4) is 0 Å². The standard InChI is InChI=1S/C15H18N4O3S/c1-22-14(21)11-5-8-18(9-6-11)13(20)10-23-15-17-16-12-4-2-3-7-19(12)15/h2-4,7,11H,5-6,8-10H2,1H3. The van der Waals surface area contributed by atoms with E-state index in [0.717, 1.165) is 5.65 Å². The van der Waals surface area contributed by atoms with Gasteiger partial charge < -0.3 is 9.64 Å². The minimum absolute atomic E-state index is 0.0611. The average Bonchev–Trinajstić information content (AvgIpc) is 3.02. The molecule has 8 heteroatoms. The van der Waals surface area contributed by atoms with E-state index >= 15 is 0 Å². The highest BCUT2D eigenvalue weighted by Gasteiger charge is 2.27. The van der Waals surface area contributed by atoms with Crippen molar-refractivity contribution in [2.75, 3.05) is 26.0 Å². The number of carbonyl (C=O) groups is 2. The molecule has 2 aromatic heterocycles. The van der Waals surface area contributed by atoms with Crippen molar-refractivity contribution in [3.63, 3.8) is 0 Å². The number of amides is 1. The van der Waals surface area contributed by atoms with Gasteiger partial charge in [0.15, 0.2) is 10.8 Å². The summed E-state index contributed by atoms with van der Waals surface area (Å²) in [5.41, 5.74) is 0.765. The van der Waals surface area contributed by atoms with E-state index in [-0.39, 0.29) is 17.8 Å². The lowest BCUT2D eigenvalue weighted by Gasteiger charge is -2.30. The van der Waals surface area contributed by atoms with Crippen molar-refractivity contribution in [2.45, 2.75) is 18.0 Å². The molecule has 122 valence electrons. The monoisotopic (exact) mass is 334 g/mol. The summed E-state index contributed by atoms with van der Waals surface area (Å²) in [6.45, 7) is 1.19. The molecule has 0 N–H and O–H groups in total. The molecular formula is C15H18N4O3S. The molecule has 7 nitrogen and oxygen atoms in total. The molecule has 1 fully saturated rings. The zero-order chi connectivity index (χ0) is 16.2. The van der Waals surface area contributed by atoms with E-state index in [4.69, 9.17) is 4.74 Å². The lowest BCUT2D eigenvalue weighted by molar-refractivity contribution is -0.148. The van der Waals surface area contributed by atoms with E-state index in [1.807, 2.05) is 28.8 Å². The second kappa shape index (κ2) is 6.99. The quantitative estimate of drug-likeness (QED) is 0.618. The van der Waals surface area contributed by atoms with Gasteiger partial charge in [0.25, 0.3) is 0 Å². The molecule has 1 amide bonds. The van der Waals surface area contributed by atoms with Crippen LogP contribution in [0.4, 0.5) is 0 Å². The molecule has 0 aromatic carbocycles. The van der Waals surface area contributed by atoms with Crippen molar-refractivity contribution in [3.8, 4) is 0 Å². The van der Waals surface area contributed by atoms with Crippen LogP contribution in [0.2, 0.25) is 0 Å². The number of ether oxygens (including phenoxy) is 1. The van der Waals surface area contributed by atoms with Gasteiger partial charge in [-0.05, 0) is 25.0 Å². The van der Waals surface area contributed by atoms with Gasteiger partial charge in [0.2, 0.25) is 5.91 Å². The van der Waals surface area contributed by atoms with Crippen molar-refractivity contribution in [1.29, 1.82) is 0 Å². The van der Waals surface area contributed by atoms with Gasteiger partial charge >= 0.3 is 5.97 Å². The Kier molecular flexibility index (Phi) is 4.80. The maximum absolute atomic E-state index is 12.3. The first-order valence-electron chi connectivity index (χ1n) is 7.47. The number of hydrogen-bond donors (Lipinski definition) is 0. The fraction of sp³-hybridized carbons (Fsp3) is 0.467. The minimum atomic E-state index is -0.179. The molecule has 1 aliphatic rings. The zero-order valence-electron chi connectivity index (χ0n) is 12.8. The summed E-state index contributed by atoms with van der Waals surface area (Å²) in [6, 6.07) is 5.67. The number of piperidine rings is 1. The molecule has 3 heterocycles. The van der Waals surface area contributed by atoms with E-state index in [1.165, 1.54) is 18.9 Å². The molecule has 0 saturated carbocycles. The third kappa shape index (κ3) is 3.47. The molecule has 0 atom stereocenters. The number of carbonyl (C=O) groups excluding carboxylic acids is 2. The summed E-state index contributed by atoms with van der Waals surface area (Å²) < 4.78 is 6.62. The second-order valence-electron chi connectivity index (χ2n) is 5.38. The molecular weight excluding hydrogens is 316 g/mol. The van der Waals surface area contributed by atoms with Crippen LogP contribution in [0.1, 0.15) is 12.8 Å². The fourth-order valence-electron chi connectivity index (χ4n) is 2.67. The normalized spacial score (nSPS) is 15.8. The highest BCUT2D eigenvalue weighted by Crippen LogP contribution is 2.21. The van der Waals surface area contributed by atoms with Crippen molar-refractivity contribution < 1.29 is 14.3 Å². The lowest BCUT2D eigenvalue weighted by atomic mass is 9.97. The largest absolute Gasteiger partial charge is 0.469 e. The topological polar surface area (TPSA) is 76.8 Å². The maximum Gasteiger partial charge on any atom is 0.308 e. The number of methoxy groups -OCH3 is 1. The SMILES string of the molecule is COC(=O)C1CCN(C(=O)CSc2nnc3ccccn23)CC1. The Morgan fingerprint density at radius 3 is 2.83 bits per heavy atom. The smallest absolute Gasteiger partial charge is 0.308 e. The molecule has 1 saturated heterocycles. The molecule has 0 aliphatic carbocycles. The van der Waals surface area contributed by atoms with Crippen molar-refractivity contribution in [3.05, 3.63) is 24.4 Å². The Hall–Kier alpha value is -2.09. The molecule has 0 unspecified atom stereocenters. The highest BCUT2D eigenvalue weighted by molar-refractivity contribution is 7.99. The minimum Gasteiger partial charge on any atom is -0.469 e. The number of likely N-dealkylation sites (tertiary alicyclic amines) is 1. The van der Waals surface area contributed by atoms with Crippen LogP contribution < -0.4 is 0 Å². The molecule has 0 spiro atoms. The fourth-order valence-corrected chi connectivity index (χ4v) is 3.49. The average molecular weight is 334 g/mol. The summed E-state index contributed by atoms with van der Waals surface area (Å²) in [7, 11) is 1.40. The Morgan fingerprint density at radius 2 is 2.09 bits per heavy atom. The van der Waals surface area contributed by atoms with Gasteiger partial charge in [0.05, 0.1) is 18.8 Å². The van der Waals surface area contributed by atoms with Crippen LogP contribution in [-0.2, 0) is 14.3 Å². The van der Waals surface area contributed by atoms with Gasteiger partial charge in [-0.1, -0.05) is 17.8 Å². The number of pyridine rings is 1. The maximum atomic E-state index is 12.3. The van der Waals surface area contributed by atoms with E-state index in [9.17, 15) is 9.59 Å². The molecule has 0 bridgehead atoms. The third-order valence-electron chi connectivity index (χ3n) is 3.99. The number of esters is 1. The lowest BCUT2D eigenvalue weighted by Crippen LogP contribution is -2.41. The number of thioether (sulfide) groups is 1. The number of hydrogen-bond acceptors (Lipinski definition) is 6. The van der Waals surface area contributed by atoms with Crippen LogP contribution >= 0.6 is 11.8 Å². The summed E-state index contributed by atoms with van der Waals surface area (Å²) in [5.74, 6) is 0.114. The van der Waals surface area contributed by atoms with Gasteiger partial charge in [-0.25, -0.2) is 0 Å². The van der Waals surface area contributed by atoms with E-state index in [1.54, 1.807) is 4.90 Å². The first-order valence-corrected chi connectivity index (χ1v) is 8.46. The van der Waals surface area contributed by atoms with Gasteiger partial charge in [-0.15, -0.1) is 10.2 Å². The second-order valence-corrected chi connectivity index (χ2v) is 6.32. The molecule has 0 radical (unpaired) electrons. The van der Waals surface area contributed by atoms with Crippen LogP contribution in [0.25, 0.3) is 5.65 Å². The molecule has 3 rings (SSSR count). The van der Waals surface area contributed by atoms with Gasteiger partial charge in [0.1, 0.15) is 0 Å². The summed E-state index contributed by atoms with van der Waals surface area (Å²) in [5, 5.41) is 8.87. The van der Waals surface area contributed by atoms with Gasteiger partial charge in [-0.3, -0.25) is 14.0 Å². The first-order chi connectivity index (χ1) is 11.2. The Labute approximate surface area is 138 Å². The summed E-state index contributed by atoms with van der Waals surface area (Å²) in [4.78, 5) is 25.6. The van der Waals surface area contributed by atoms with Gasteiger partial charge in [-0.2, -0.15) is 0 Å². The van der Waals surface area contributed by atoms with Crippen LogP contribution in [0.15, 0.2) is 29.6 Å². The Balaban J connectivity index is 1.53. The van der Waals surface area contributed by atoms with E-state index in [0.29, 0.717) is 36.8 Å². The summed E-state index contributed by atoms with van der Waals surface area (Å²) in [6.07, 6.45) is 3.21. The molecule has 23 heavy (non-hydrogen) atoms.